The number of aryl methyl sites for hydroxylation is 1. The van der Waals surface area contributed by atoms with Gasteiger partial charge in [-0.05, 0) is 37.3 Å². The maximum atomic E-state index is 13.8. The van der Waals surface area contributed by atoms with E-state index in [9.17, 15) is 9.50 Å². The molecule has 2 aromatic rings. The van der Waals surface area contributed by atoms with Gasteiger partial charge in [0.05, 0.1) is 7.11 Å². The molecule has 0 bridgehead atoms. The molecule has 0 spiro atoms. The second-order valence-electron chi connectivity index (χ2n) is 4.31. The standard InChI is InChI=1S/C15H14BrFO2/c1-9-3-6-14(19-2)12(7-9)15(18)11-8-10(16)4-5-13(11)17/h3-8,15,18H,1-2H3. The van der Waals surface area contributed by atoms with Gasteiger partial charge in [0, 0.05) is 15.6 Å². The molecule has 2 nitrogen and oxygen atoms in total. The molecule has 0 fully saturated rings. The third-order valence-electron chi connectivity index (χ3n) is 2.93. The summed E-state index contributed by atoms with van der Waals surface area (Å²) in [6, 6.07) is 9.94. The second-order valence-corrected chi connectivity index (χ2v) is 5.23. The predicted molar refractivity (Wildman–Crippen MR) is 75.9 cm³/mol. The molecule has 1 unspecified atom stereocenters. The fourth-order valence-corrected chi connectivity index (χ4v) is 2.34. The lowest BCUT2D eigenvalue weighted by atomic mass is 9.98. The minimum Gasteiger partial charge on any atom is -0.496 e. The van der Waals surface area contributed by atoms with E-state index >= 15 is 0 Å². The summed E-state index contributed by atoms with van der Waals surface area (Å²) in [5.41, 5.74) is 1.75. The van der Waals surface area contributed by atoms with Crippen LogP contribution < -0.4 is 4.74 Å². The highest BCUT2D eigenvalue weighted by Gasteiger charge is 2.19. The van der Waals surface area contributed by atoms with Crippen LogP contribution in [0.15, 0.2) is 40.9 Å². The highest BCUT2D eigenvalue weighted by Crippen LogP contribution is 2.33. The number of benzene rings is 2. The summed E-state index contributed by atoms with van der Waals surface area (Å²) in [7, 11) is 1.53. The molecule has 4 heteroatoms. The zero-order valence-electron chi connectivity index (χ0n) is 10.7. The summed E-state index contributed by atoms with van der Waals surface area (Å²) >= 11 is 3.28. The number of methoxy groups -OCH3 is 1. The minimum atomic E-state index is -1.06. The van der Waals surface area contributed by atoms with Crippen LogP contribution in [0.5, 0.6) is 5.75 Å². The van der Waals surface area contributed by atoms with Crippen LogP contribution in [0.1, 0.15) is 22.8 Å². The van der Waals surface area contributed by atoms with Crippen molar-refractivity contribution in [1.82, 2.24) is 0 Å². The molecular weight excluding hydrogens is 311 g/mol. The first-order valence-corrected chi connectivity index (χ1v) is 6.59. The first kappa shape index (κ1) is 14.0. The number of aliphatic hydroxyl groups excluding tert-OH is 1. The summed E-state index contributed by atoms with van der Waals surface area (Å²) in [6.07, 6.45) is -1.06. The van der Waals surface area contributed by atoms with Crippen LogP contribution >= 0.6 is 15.9 Å². The molecule has 0 aromatic heterocycles. The second kappa shape index (κ2) is 5.72. The number of rotatable bonds is 3. The highest BCUT2D eigenvalue weighted by atomic mass is 79.9. The summed E-state index contributed by atoms with van der Waals surface area (Å²) in [6.45, 7) is 1.91. The fraction of sp³-hybridized carbons (Fsp3) is 0.200. The van der Waals surface area contributed by atoms with E-state index in [4.69, 9.17) is 4.74 Å². The van der Waals surface area contributed by atoms with Crippen LogP contribution in [0.25, 0.3) is 0 Å². The van der Waals surface area contributed by atoms with Crippen LogP contribution in [0, 0.1) is 12.7 Å². The van der Waals surface area contributed by atoms with Gasteiger partial charge in [0.25, 0.3) is 0 Å². The Morgan fingerprint density at radius 3 is 2.58 bits per heavy atom. The third kappa shape index (κ3) is 2.96. The lowest BCUT2D eigenvalue weighted by Gasteiger charge is -2.16. The lowest BCUT2D eigenvalue weighted by Crippen LogP contribution is -2.05. The van der Waals surface area contributed by atoms with Gasteiger partial charge in [0.2, 0.25) is 0 Å². The molecule has 0 radical (unpaired) electrons. The molecule has 2 aromatic carbocycles. The van der Waals surface area contributed by atoms with E-state index in [1.807, 2.05) is 13.0 Å². The number of hydrogen-bond acceptors (Lipinski definition) is 2. The molecule has 2 rings (SSSR count). The van der Waals surface area contributed by atoms with Crippen molar-refractivity contribution in [3.05, 3.63) is 63.4 Å². The van der Waals surface area contributed by atoms with Gasteiger partial charge >= 0.3 is 0 Å². The van der Waals surface area contributed by atoms with E-state index < -0.39 is 11.9 Å². The predicted octanol–water partition coefficient (Wildman–Crippen LogP) is 3.99. The average Bonchev–Trinajstić information content (AvgIpc) is 2.40. The van der Waals surface area contributed by atoms with Crippen molar-refractivity contribution in [3.8, 4) is 5.75 Å². The van der Waals surface area contributed by atoms with Gasteiger partial charge in [0.15, 0.2) is 0 Å². The topological polar surface area (TPSA) is 29.5 Å². The van der Waals surface area contributed by atoms with E-state index in [1.165, 1.54) is 13.2 Å². The first-order valence-electron chi connectivity index (χ1n) is 5.80. The Bertz CT molecular complexity index is 599. The Kier molecular flexibility index (Phi) is 4.22. The SMILES string of the molecule is COc1ccc(C)cc1C(O)c1cc(Br)ccc1F. The normalized spacial score (nSPS) is 12.3. The van der Waals surface area contributed by atoms with Gasteiger partial charge in [-0.25, -0.2) is 4.39 Å². The van der Waals surface area contributed by atoms with Gasteiger partial charge < -0.3 is 9.84 Å². The first-order chi connectivity index (χ1) is 9.02. The van der Waals surface area contributed by atoms with Crippen molar-refractivity contribution in [3.63, 3.8) is 0 Å². The lowest BCUT2D eigenvalue weighted by molar-refractivity contribution is 0.209. The number of hydrogen-bond donors (Lipinski definition) is 1. The van der Waals surface area contributed by atoms with E-state index in [0.717, 1.165) is 10.0 Å². The monoisotopic (exact) mass is 324 g/mol. The van der Waals surface area contributed by atoms with Crippen LogP contribution in [0.2, 0.25) is 0 Å². The Morgan fingerprint density at radius 2 is 1.89 bits per heavy atom. The van der Waals surface area contributed by atoms with Crippen molar-refractivity contribution in [2.45, 2.75) is 13.0 Å². The van der Waals surface area contributed by atoms with Crippen molar-refractivity contribution >= 4 is 15.9 Å². The van der Waals surface area contributed by atoms with Gasteiger partial charge in [-0.1, -0.05) is 27.6 Å². The molecule has 0 saturated carbocycles. The molecule has 100 valence electrons. The molecule has 1 N–H and O–H groups in total. The molecule has 0 aliphatic carbocycles. The van der Waals surface area contributed by atoms with E-state index in [1.54, 1.807) is 24.3 Å². The zero-order chi connectivity index (χ0) is 14.0. The summed E-state index contributed by atoms with van der Waals surface area (Å²) in [4.78, 5) is 0. The third-order valence-corrected chi connectivity index (χ3v) is 3.43. The van der Waals surface area contributed by atoms with Crippen molar-refractivity contribution in [2.24, 2.45) is 0 Å². The highest BCUT2D eigenvalue weighted by molar-refractivity contribution is 9.10. The molecular formula is C15H14BrFO2. The van der Waals surface area contributed by atoms with Crippen LogP contribution in [0.3, 0.4) is 0 Å². The Balaban J connectivity index is 2.51. The molecule has 0 amide bonds. The quantitative estimate of drug-likeness (QED) is 0.925. The Hall–Kier alpha value is -1.39. The largest absolute Gasteiger partial charge is 0.496 e. The fourth-order valence-electron chi connectivity index (χ4n) is 1.96. The summed E-state index contributed by atoms with van der Waals surface area (Å²) in [5, 5.41) is 10.4. The molecule has 1 atom stereocenters. The molecule has 0 heterocycles. The van der Waals surface area contributed by atoms with Crippen LogP contribution in [-0.2, 0) is 0 Å². The smallest absolute Gasteiger partial charge is 0.129 e. The summed E-state index contributed by atoms with van der Waals surface area (Å²) < 4.78 is 19.8. The molecule has 0 saturated heterocycles. The van der Waals surface area contributed by atoms with E-state index in [2.05, 4.69) is 15.9 Å². The van der Waals surface area contributed by atoms with Crippen molar-refractivity contribution in [2.75, 3.05) is 7.11 Å². The van der Waals surface area contributed by atoms with Crippen LogP contribution in [-0.4, -0.2) is 12.2 Å². The minimum absolute atomic E-state index is 0.221. The van der Waals surface area contributed by atoms with E-state index in [-0.39, 0.29) is 5.56 Å². The maximum absolute atomic E-state index is 13.8. The van der Waals surface area contributed by atoms with Crippen molar-refractivity contribution in [1.29, 1.82) is 0 Å². The van der Waals surface area contributed by atoms with Gasteiger partial charge in [0.1, 0.15) is 17.7 Å². The van der Waals surface area contributed by atoms with Gasteiger partial charge in [-0.2, -0.15) is 0 Å². The number of ether oxygens (including phenoxy) is 1. The van der Waals surface area contributed by atoms with E-state index in [0.29, 0.717) is 11.3 Å². The maximum Gasteiger partial charge on any atom is 0.129 e. The number of halogens is 2. The number of aliphatic hydroxyl groups is 1. The Morgan fingerprint density at radius 1 is 1.16 bits per heavy atom. The molecule has 19 heavy (non-hydrogen) atoms. The average molecular weight is 325 g/mol. The van der Waals surface area contributed by atoms with Crippen molar-refractivity contribution < 1.29 is 14.2 Å². The zero-order valence-corrected chi connectivity index (χ0v) is 12.2. The molecule has 0 aliphatic heterocycles. The molecule has 0 aliphatic rings. The van der Waals surface area contributed by atoms with Crippen LogP contribution in [0.4, 0.5) is 4.39 Å². The summed E-state index contributed by atoms with van der Waals surface area (Å²) in [5.74, 6) is 0.0942. The van der Waals surface area contributed by atoms with Gasteiger partial charge in [-0.15, -0.1) is 0 Å². The van der Waals surface area contributed by atoms with Gasteiger partial charge in [-0.3, -0.25) is 0 Å². The Labute approximate surface area is 120 Å².